The van der Waals surface area contributed by atoms with Crippen LogP contribution in [0.5, 0.6) is 0 Å². The largest absolute Gasteiger partial charge is 0.472 e. The molecular weight excluding hydrogens is 677 g/mol. The zero-order valence-electron chi connectivity index (χ0n) is 33.3. The summed E-state index contributed by atoms with van der Waals surface area (Å²) in [5, 5.41) is 12.7. The highest BCUT2D eigenvalue weighted by Crippen LogP contribution is 2.42. The quantitative estimate of drug-likeness (QED) is 0.0244. The second-order valence-electron chi connectivity index (χ2n) is 14.0. The van der Waals surface area contributed by atoms with Crippen LogP contribution >= 0.6 is 7.82 Å². The summed E-state index contributed by atoms with van der Waals surface area (Å²) in [4.78, 5) is 33.8. The molecule has 0 spiro atoms. The molecule has 0 aromatic heterocycles. The van der Waals surface area contributed by atoms with Gasteiger partial charge in [-0.3, -0.25) is 18.6 Å². The van der Waals surface area contributed by atoms with E-state index in [0.29, 0.717) is 6.42 Å². The number of ether oxygens (including phenoxy) is 1. The number of aliphatic hydroxyl groups is 1. The van der Waals surface area contributed by atoms with E-state index in [1.54, 1.807) is 0 Å². The summed E-state index contributed by atoms with van der Waals surface area (Å²) in [6.45, 7) is 3.49. The Balaban J connectivity index is 3.62. The van der Waals surface area contributed by atoms with Crippen molar-refractivity contribution in [3.05, 3.63) is 36.5 Å². The molecule has 10 heteroatoms. The number of esters is 1. The smallest absolute Gasteiger partial charge is 0.463 e. The monoisotopic (exact) mass is 756 g/mol. The SMILES string of the molecule is CCCC/C=C\C/C=C\CCCCCCCC(=O)OCC(O)COP(=O)(O)OCCNC(=O)CCCCCCCCC/C=C\CCCCCCCC. The molecule has 304 valence electrons. The molecule has 2 unspecified atom stereocenters. The lowest BCUT2D eigenvalue weighted by Gasteiger charge is -2.15. The van der Waals surface area contributed by atoms with Crippen LogP contribution in [0.1, 0.15) is 187 Å². The van der Waals surface area contributed by atoms with Crippen molar-refractivity contribution in [1.29, 1.82) is 0 Å². The third-order valence-electron chi connectivity index (χ3n) is 8.79. The lowest BCUT2D eigenvalue weighted by Crippen LogP contribution is -2.27. The van der Waals surface area contributed by atoms with E-state index in [4.69, 9.17) is 13.8 Å². The number of amides is 1. The Morgan fingerprint density at radius 2 is 1.06 bits per heavy atom. The van der Waals surface area contributed by atoms with Crippen LogP contribution in [0.2, 0.25) is 0 Å². The predicted octanol–water partition coefficient (Wildman–Crippen LogP) is 11.4. The predicted molar refractivity (Wildman–Crippen MR) is 215 cm³/mol. The van der Waals surface area contributed by atoms with Crippen LogP contribution in [0.15, 0.2) is 36.5 Å². The van der Waals surface area contributed by atoms with Crippen molar-refractivity contribution in [3.63, 3.8) is 0 Å². The molecule has 0 aromatic carbocycles. The summed E-state index contributed by atoms with van der Waals surface area (Å²) >= 11 is 0. The summed E-state index contributed by atoms with van der Waals surface area (Å²) in [6, 6.07) is 0. The van der Waals surface area contributed by atoms with E-state index < -0.39 is 26.5 Å². The van der Waals surface area contributed by atoms with Crippen LogP contribution in [0.4, 0.5) is 0 Å². The minimum Gasteiger partial charge on any atom is -0.463 e. The van der Waals surface area contributed by atoms with E-state index in [9.17, 15) is 24.2 Å². The molecule has 52 heavy (non-hydrogen) atoms. The molecule has 0 aromatic rings. The van der Waals surface area contributed by atoms with Gasteiger partial charge in [0.05, 0.1) is 13.2 Å². The van der Waals surface area contributed by atoms with Gasteiger partial charge in [0.15, 0.2) is 0 Å². The molecule has 0 aliphatic heterocycles. The van der Waals surface area contributed by atoms with E-state index in [1.165, 1.54) is 89.9 Å². The summed E-state index contributed by atoms with van der Waals surface area (Å²) in [6.07, 6.45) is 42.1. The Morgan fingerprint density at radius 1 is 0.596 bits per heavy atom. The Labute approximate surface area is 318 Å². The Hall–Kier alpha value is -1.77. The van der Waals surface area contributed by atoms with Crippen LogP contribution < -0.4 is 5.32 Å². The minimum atomic E-state index is -4.42. The molecule has 0 aliphatic carbocycles. The maximum atomic E-state index is 12.1. The fourth-order valence-corrected chi connectivity index (χ4v) is 6.32. The third-order valence-corrected chi connectivity index (χ3v) is 9.78. The van der Waals surface area contributed by atoms with Gasteiger partial charge in [-0.25, -0.2) is 4.57 Å². The molecular formula is C42H78NO8P. The van der Waals surface area contributed by atoms with Crippen molar-refractivity contribution in [2.24, 2.45) is 0 Å². The van der Waals surface area contributed by atoms with E-state index in [0.717, 1.165) is 70.6 Å². The van der Waals surface area contributed by atoms with Crippen LogP contribution in [0.25, 0.3) is 0 Å². The number of rotatable bonds is 39. The molecule has 0 saturated heterocycles. The average Bonchev–Trinajstić information content (AvgIpc) is 3.13. The minimum absolute atomic E-state index is 0.0778. The van der Waals surface area contributed by atoms with Gasteiger partial charge < -0.3 is 20.1 Å². The zero-order valence-corrected chi connectivity index (χ0v) is 34.1. The van der Waals surface area contributed by atoms with Gasteiger partial charge >= 0.3 is 13.8 Å². The van der Waals surface area contributed by atoms with E-state index in [-0.39, 0.29) is 32.1 Å². The molecule has 2 atom stereocenters. The van der Waals surface area contributed by atoms with Crippen LogP contribution in [-0.4, -0.2) is 54.3 Å². The van der Waals surface area contributed by atoms with Crippen molar-refractivity contribution >= 4 is 19.7 Å². The highest BCUT2D eigenvalue weighted by Gasteiger charge is 2.23. The van der Waals surface area contributed by atoms with Gasteiger partial charge in [0.1, 0.15) is 12.7 Å². The number of hydrogen-bond acceptors (Lipinski definition) is 7. The Morgan fingerprint density at radius 3 is 1.62 bits per heavy atom. The van der Waals surface area contributed by atoms with Crippen LogP contribution in [-0.2, 0) is 27.9 Å². The van der Waals surface area contributed by atoms with Gasteiger partial charge in [0.2, 0.25) is 5.91 Å². The first kappa shape index (κ1) is 50.2. The second kappa shape index (κ2) is 38.9. The average molecular weight is 756 g/mol. The zero-order chi connectivity index (χ0) is 38.2. The third kappa shape index (κ3) is 39.4. The first-order chi connectivity index (χ1) is 25.3. The van der Waals surface area contributed by atoms with E-state index in [1.807, 2.05) is 0 Å². The normalized spacial score (nSPS) is 13.7. The van der Waals surface area contributed by atoms with Gasteiger partial charge in [-0.2, -0.15) is 0 Å². The molecule has 1 amide bonds. The summed E-state index contributed by atoms with van der Waals surface area (Å²) in [5.41, 5.74) is 0. The standard InChI is InChI=1S/C42H78NO8P/c1-3-5-7-9-11-13-15-17-19-20-21-22-24-26-28-30-32-34-41(45)43-36-37-50-52(47,48)51-39-40(44)38-49-42(46)35-33-31-29-27-25-23-18-16-14-12-10-8-6-4-2/h10,12,16-19,40,44H,3-9,11,13-15,20-39H2,1-2H3,(H,43,45)(H,47,48)/b12-10-,18-16-,19-17-. The Kier molecular flexibility index (Phi) is 37.6. The number of hydrogen-bond donors (Lipinski definition) is 3. The number of carbonyl (C=O) groups is 2. The molecule has 0 saturated carbocycles. The molecule has 9 nitrogen and oxygen atoms in total. The Bertz CT molecular complexity index is 954. The van der Waals surface area contributed by atoms with Crippen molar-refractivity contribution in [2.45, 2.75) is 193 Å². The topological polar surface area (TPSA) is 131 Å². The molecule has 0 fully saturated rings. The molecule has 0 radical (unpaired) electrons. The number of allylic oxidation sites excluding steroid dienone is 6. The first-order valence-corrected chi connectivity index (χ1v) is 22.5. The number of phosphoric acid groups is 1. The number of nitrogens with one attached hydrogen (secondary N) is 1. The fourth-order valence-electron chi connectivity index (χ4n) is 5.57. The van der Waals surface area contributed by atoms with Crippen molar-refractivity contribution < 1.29 is 37.9 Å². The molecule has 0 rings (SSSR count). The summed E-state index contributed by atoms with van der Waals surface area (Å²) in [7, 11) is -4.42. The van der Waals surface area contributed by atoms with Crippen LogP contribution in [0.3, 0.4) is 0 Å². The lowest BCUT2D eigenvalue weighted by atomic mass is 10.1. The fraction of sp³-hybridized carbons (Fsp3) is 0.810. The van der Waals surface area contributed by atoms with Gasteiger partial charge in [-0.15, -0.1) is 0 Å². The van der Waals surface area contributed by atoms with Gasteiger partial charge in [0.25, 0.3) is 0 Å². The van der Waals surface area contributed by atoms with Gasteiger partial charge in [-0.05, 0) is 64.2 Å². The highest BCUT2D eigenvalue weighted by atomic mass is 31.2. The van der Waals surface area contributed by atoms with E-state index in [2.05, 4.69) is 55.6 Å². The maximum Gasteiger partial charge on any atom is 0.472 e. The summed E-state index contributed by atoms with van der Waals surface area (Å²) < 4.78 is 26.8. The van der Waals surface area contributed by atoms with Crippen LogP contribution in [0, 0.1) is 0 Å². The lowest BCUT2D eigenvalue weighted by molar-refractivity contribution is -0.147. The molecule has 0 aliphatic rings. The number of carbonyl (C=O) groups excluding carboxylic acids is 2. The van der Waals surface area contributed by atoms with Crippen molar-refractivity contribution in [2.75, 3.05) is 26.4 Å². The van der Waals surface area contributed by atoms with Crippen molar-refractivity contribution in [1.82, 2.24) is 5.32 Å². The van der Waals surface area contributed by atoms with Gasteiger partial charge in [0, 0.05) is 19.4 Å². The highest BCUT2D eigenvalue weighted by molar-refractivity contribution is 7.47. The molecule has 0 bridgehead atoms. The number of aliphatic hydroxyl groups excluding tert-OH is 1. The number of phosphoric ester groups is 1. The molecule has 3 N–H and O–H groups in total. The second-order valence-corrected chi connectivity index (χ2v) is 15.4. The maximum absolute atomic E-state index is 12.1. The van der Waals surface area contributed by atoms with Crippen molar-refractivity contribution in [3.8, 4) is 0 Å². The molecule has 0 heterocycles. The number of unbranched alkanes of at least 4 members (excludes halogenated alkanes) is 20. The first-order valence-electron chi connectivity index (χ1n) is 21.0. The summed E-state index contributed by atoms with van der Waals surface area (Å²) in [5.74, 6) is -0.535. The van der Waals surface area contributed by atoms with E-state index >= 15 is 0 Å². The van der Waals surface area contributed by atoms with Gasteiger partial charge in [-0.1, -0.05) is 147 Å².